The Labute approximate surface area is 306 Å². The van der Waals surface area contributed by atoms with E-state index in [0.29, 0.717) is 6.42 Å². The fourth-order valence-corrected chi connectivity index (χ4v) is 5.84. The van der Waals surface area contributed by atoms with Crippen LogP contribution in [0.2, 0.25) is 0 Å². The Hall–Kier alpha value is -2.06. The summed E-state index contributed by atoms with van der Waals surface area (Å²) in [6.45, 7) is 3.94. The van der Waals surface area contributed by atoms with Crippen LogP contribution in [-0.2, 0) is 18.4 Å². The minimum Gasteiger partial charge on any atom is -0.387 e. The molecule has 0 aromatic heterocycles. The predicted octanol–water partition coefficient (Wildman–Crippen LogP) is 10.5. The van der Waals surface area contributed by atoms with Crippen LogP contribution in [0.15, 0.2) is 72.9 Å². The summed E-state index contributed by atoms with van der Waals surface area (Å²) in [5.74, 6) is -0.232. The highest BCUT2D eigenvalue weighted by Crippen LogP contribution is 2.43. The second-order valence-electron chi connectivity index (χ2n) is 12.7. The molecule has 0 fully saturated rings. The van der Waals surface area contributed by atoms with Crippen LogP contribution in [0.25, 0.3) is 0 Å². The van der Waals surface area contributed by atoms with E-state index in [0.717, 1.165) is 77.0 Å². The molecule has 0 aliphatic rings. The van der Waals surface area contributed by atoms with E-state index < -0.39 is 20.0 Å². The van der Waals surface area contributed by atoms with Crippen LogP contribution in [0.3, 0.4) is 0 Å². The van der Waals surface area contributed by atoms with Crippen LogP contribution in [0.1, 0.15) is 149 Å². The van der Waals surface area contributed by atoms with Gasteiger partial charge < -0.3 is 21.1 Å². The number of aliphatic hydroxyl groups excluding tert-OH is 1. The molecule has 1 amide bonds. The quantitative estimate of drug-likeness (QED) is 0.0291. The molecule has 3 atom stereocenters. The molecule has 0 aromatic rings. The number of nitrogens with one attached hydrogen (secondary N) is 1. The first-order valence-electron chi connectivity index (χ1n) is 19.6. The minimum absolute atomic E-state index is 0.0659. The average Bonchev–Trinajstić information content (AvgIpc) is 3.10. The second-order valence-corrected chi connectivity index (χ2v) is 14.2. The van der Waals surface area contributed by atoms with E-state index in [1.165, 1.54) is 51.4 Å². The number of allylic oxidation sites excluding steroid dienone is 11. The van der Waals surface area contributed by atoms with Gasteiger partial charge in [-0.25, -0.2) is 4.57 Å². The number of hydrogen-bond donors (Lipinski definition) is 4. The molecule has 288 valence electrons. The molecular weight excluding hydrogens is 647 g/mol. The van der Waals surface area contributed by atoms with Gasteiger partial charge in [-0.05, 0) is 70.6 Å². The van der Waals surface area contributed by atoms with Crippen molar-refractivity contribution in [1.29, 1.82) is 0 Å². The number of unbranched alkanes of at least 4 members (excludes halogenated alkanes) is 13. The van der Waals surface area contributed by atoms with E-state index in [1.807, 2.05) is 6.08 Å². The monoisotopic (exact) mass is 721 g/mol. The van der Waals surface area contributed by atoms with E-state index in [4.69, 9.17) is 14.8 Å². The van der Waals surface area contributed by atoms with Crippen LogP contribution in [-0.4, -0.2) is 47.8 Å². The van der Waals surface area contributed by atoms with Crippen molar-refractivity contribution in [1.82, 2.24) is 5.32 Å². The first kappa shape index (κ1) is 47.9. The van der Waals surface area contributed by atoms with E-state index in [9.17, 15) is 19.4 Å². The van der Waals surface area contributed by atoms with Gasteiger partial charge in [-0.3, -0.25) is 13.8 Å². The zero-order chi connectivity index (χ0) is 36.8. The molecular formula is C41H73N2O6P. The lowest BCUT2D eigenvalue weighted by atomic mass is 10.1. The summed E-state index contributed by atoms with van der Waals surface area (Å²) in [5.41, 5.74) is 5.35. The van der Waals surface area contributed by atoms with Gasteiger partial charge in [0.2, 0.25) is 5.91 Å². The van der Waals surface area contributed by atoms with Crippen LogP contribution < -0.4 is 11.1 Å². The zero-order valence-corrected chi connectivity index (χ0v) is 32.5. The Morgan fingerprint density at radius 1 is 0.680 bits per heavy atom. The third-order valence-electron chi connectivity index (χ3n) is 8.02. The van der Waals surface area contributed by atoms with Crippen molar-refractivity contribution in [3.05, 3.63) is 72.9 Å². The van der Waals surface area contributed by atoms with Gasteiger partial charge in [0.25, 0.3) is 0 Å². The standard InChI is InChI=1S/C41H73N2O6P/c1-3-5-7-9-11-13-15-17-19-20-21-23-25-27-29-31-33-35-41(45)43-39(38-49-50(46,47)48-37-36-42)40(44)34-32-30-28-26-24-22-18-16-14-12-10-8-6-4-2/h5,7,11,13,17,19,21,23-24,26,32,34,39-40,44H,3-4,6,8-10,12,14-16,18,20,22,25,27-31,33,35-38,42H2,1-2H3,(H,43,45)(H,46,47)/b7-5-,13-11-,19-17-,23-21-,26-24+,34-32+. The summed E-state index contributed by atoms with van der Waals surface area (Å²) >= 11 is 0. The first-order chi connectivity index (χ1) is 24.4. The van der Waals surface area contributed by atoms with Gasteiger partial charge in [-0.1, -0.05) is 145 Å². The van der Waals surface area contributed by atoms with Crippen molar-refractivity contribution in [2.45, 2.75) is 161 Å². The van der Waals surface area contributed by atoms with E-state index >= 15 is 0 Å². The van der Waals surface area contributed by atoms with Gasteiger partial charge in [0, 0.05) is 13.0 Å². The Kier molecular flexibility index (Phi) is 35.2. The number of rotatable bonds is 35. The van der Waals surface area contributed by atoms with Crippen molar-refractivity contribution in [3.8, 4) is 0 Å². The summed E-state index contributed by atoms with van der Waals surface area (Å²) in [6.07, 6.45) is 46.6. The minimum atomic E-state index is -4.35. The van der Waals surface area contributed by atoms with Gasteiger partial charge in [0.1, 0.15) is 0 Å². The normalized spacial score (nSPS) is 15.1. The van der Waals surface area contributed by atoms with Gasteiger partial charge in [-0.2, -0.15) is 0 Å². The molecule has 8 nitrogen and oxygen atoms in total. The maximum atomic E-state index is 12.7. The molecule has 0 saturated carbocycles. The second kappa shape index (κ2) is 36.7. The van der Waals surface area contributed by atoms with Crippen LogP contribution in [0.4, 0.5) is 0 Å². The van der Waals surface area contributed by atoms with Gasteiger partial charge in [0.05, 0.1) is 25.4 Å². The summed E-state index contributed by atoms with van der Waals surface area (Å²) in [6, 6.07) is -0.892. The zero-order valence-electron chi connectivity index (χ0n) is 31.6. The third kappa shape index (κ3) is 34.4. The van der Waals surface area contributed by atoms with Crippen molar-refractivity contribution >= 4 is 13.7 Å². The van der Waals surface area contributed by atoms with Crippen LogP contribution >= 0.6 is 7.82 Å². The molecule has 0 aliphatic heterocycles. The molecule has 0 heterocycles. The summed E-state index contributed by atoms with van der Waals surface area (Å²) in [4.78, 5) is 22.6. The number of phosphoric acid groups is 1. The SMILES string of the molecule is CC/C=C\C/C=C\C/C=C\C/C=C\CCCCCCC(=O)NC(COP(=O)(O)OCCN)C(O)/C=C/CC/C=C/CCCCCCCCCC. The van der Waals surface area contributed by atoms with Gasteiger partial charge >= 0.3 is 7.82 Å². The van der Waals surface area contributed by atoms with Crippen molar-refractivity contribution in [3.63, 3.8) is 0 Å². The fourth-order valence-electron chi connectivity index (χ4n) is 5.08. The molecule has 0 aliphatic carbocycles. The van der Waals surface area contributed by atoms with Crippen molar-refractivity contribution in [2.24, 2.45) is 5.73 Å². The van der Waals surface area contributed by atoms with E-state index in [2.05, 4.69) is 79.9 Å². The Balaban J connectivity index is 4.41. The summed E-state index contributed by atoms with van der Waals surface area (Å²) in [5, 5.41) is 13.6. The van der Waals surface area contributed by atoms with E-state index in [-0.39, 0.29) is 25.7 Å². The number of amides is 1. The molecule has 0 aromatic carbocycles. The average molecular weight is 721 g/mol. The lowest BCUT2D eigenvalue weighted by Crippen LogP contribution is -2.45. The van der Waals surface area contributed by atoms with Gasteiger partial charge in [0.15, 0.2) is 0 Å². The number of carbonyl (C=O) groups is 1. The smallest absolute Gasteiger partial charge is 0.387 e. The Morgan fingerprint density at radius 2 is 1.18 bits per heavy atom. The maximum Gasteiger partial charge on any atom is 0.472 e. The number of carbonyl (C=O) groups excluding carboxylic acids is 1. The molecule has 9 heteroatoms. The highest BCUT2D eigenvalue weighted by Gasteiger charge is 2.26. The third-order valence-corrected chi connectivity index (χ3v) is 9.00. The van der Waals surface area contributed by atoms with Crippen molar-refractivity contribution < 1.29 is 28.4 Å². The first-order valence-corrected chi connectivity index (χ1v) is 21.1. The Bertz CT molecular complexity index is 1010. The maximum absolute atomic E-state index is 12.7. The van der Waals surface area contributed by atoms with Crippen LogP contribution in [0.5, 0.6) is 0 Å². The number of hydrogen-bond acceptors (Lipinski definition) is 6. The predicted molar refractivity (Wildman–Crippen MR) is 212 cm³/mol. The molecule has 0 radical (unpaired) electrons. The number of aliphatic hydroxyl groups is 1. The van der Waals surface area contributed by atoms with Crippen molar-refractivity contribution in [2.75, 3.05) is 19.8 Å². The highest BCUT2D eigenvalue weighted by molar-refractivity contribution is 7.47. The molecule has 0 bridgehead atoms. The molecule has 0 spiro atoms. The summed E-state index contributed by atoms with van der Waals surface area (Å²) < 4.78 is 22.0. The van der Waals surface area contributed by atoms with E-state index in [1.54, 1.807) is 6.08 Å². The highest BCUT2D eigenvalue weighted by atomic mass is 31.2. The molecule has 0 saturated heterocycles. The largest absolute Gasteiger partial charge is 0.472 e. The molecule has 50 heavy (non-hydrogen) atoms. The Morgan fingerprint density at radius 3 is 1.78 bits per heavy atom. The topological polar surface area (TPSA) is 131 Å². The van der Waals surface area contributed by atoms with Crippen LogP contribution in [0, 0.1) is 0 Å². The molecule has 0 rings (SSSR count). The lowest BCUT2D eigenvalue weighted by Gasteiger charge is -2.23. The fraction of sp³-hybridized carbons (Fsp3) is 0.683. The van der Waals surface area contributed by atoms with Gasteiger partial charge in [-0.15, -0.1) is 0 Å². The summed E-state index contributed by atoms with van der Waals surface area (Å²) in [7, 11) is -4.35. The number of nitrogens with two attached hydrogens (primary N) is 1. The number of phosphoric ester groups is 1. The molecule has 3 unspecified atom stereocenters. The molecule has 5 N–H and O–H groups in total. The lowest BCUT2D eigenvalue weighted by molar-refractivity contribution is -0.123.